The summed E-state index contributed by atoms with van der Waals surface area (Å²) < 4.78 is 27.9. The van der Waals surface area contributed by atoms with Crippen molar-refractivity contribution < 1.29 is 8.78 Å². The Labute approximate surface area is 106 Å². The van der Waals surface area contributed by atoms with Crippen LogP contribution in [0.2, 0.25) is 0 Å². The predicted octanol–water partition coefficient (Wildman–Crippen LogP) is 0.456. The Morgan fingerprint density at radius 2 is 1.89 bits per heavy atom. The van der Waals surface area contributed by atoms with Crippen molar-refractivity contribution in [2.75, 3.05) is 5.73 Å². The number of nitrogens with two attached hydrogens (primary N) is 1. The summed E-state index contributed by atoms with van der Waals surface area (Å²) in [6.45, 7) is -0.173. The molecule has 0 spiro atoms. The lowest BCUT2D eigenvalue weighted by atomic mass is 10.2. The molecule has 0 unspecified atom stereocenters. The third-order valence-electron chi connectivity index (χ3n) is 2.68. The maximum absolute atomic E-state index is 13.1. The molecule has 5 nitrogen and oxygen atoms in total. The van der Waals surface area contributed by atoms with Crippen molar-refractivity contribution in [3.8, 4) is 0 Å². The molecule has 0 fully saturated rings. The Morgan fingerprint density at radius 1 is 1.21 bits per heavy atom. The number of anilines is 1. The first kappa shape index (κ1) is 13.0. The molecule has 19 heavy (non-hydrogen) atoms. The molecule has 7 heteroatoms. The van der Waals surface area contributed by atoms with Crippen LogP contribution in [0.5, 0.6) is 0 Å². The lowest BCUT2D eigenvalue weighted by Crippen LogP contribution is -2.39. The summed E-state index contributed by atoms with van der Waals surface area (Å²) in [5.74, 6) is -2.03. The van der Waals surface area contributed by atoms with Crippen LogP contribution < -0.4 is 17.0 Å². The zero-order valence-electron chi connectivity index (χ0n) is 10.1. The third kappa shape index (κ3) is 2.40. The van der Waals surface area contributed by atoms with E-state index in [0.29, 0.717) is 5.56 Å². The Morgan fingerprint density at radius 3 is 2.53 bits per heavy atom. The highest BCUT2D eigenvalue weighted by Crippen LogP contribution is 2.09. The second kappa shape index (κ2) is 4.68. The molecule has 0 bridgehead atoms. The molecule has 1 aromatic heterocycles. The molecule has 2 rings (SSSR count). The van der Waals surface area contributed by atoms with E-state index in [1.54, 1.807) is 0 Å². The van der Waals surface area contributed by atoms with E-state index >= 15 is 0 Å². The van der Waals surface area contributed by atoms with Crippen LogP contribution >= 0.6 is 0 Å². The number of halogens is 2. The van der Waals surface area contributed by atoms with Crippen molar-refractivity contribution >= 4 is 5.69 Å². The second-order valence-electron chi connectivity index (χ2n) is 4.12. The number of aryl methyl sites for hydroxylation is 1. The van der Waals surface area contributed by atoms with Gasteiger partial charge in [0.2, 0.25) is 0 Å². The Balaban J connectivity index is 2.52. The van der Waals surface area contributed by atoms with Crippen LogP contribution in [0.3, 0.4) is 0 Å². The van der Waals surface area contributed by atoms with Gasteiger partial charge in [0.15, 0.2) is 11.6 Å². The Bertz CT molecular complexity index is 715. The van der Waals surface area contributed by atoms with E-state index in [0.717, 1.165) is 21.3 Å². The van der Waals surface area contributed by atoms with E-state index in [-0.39, 0.29) is 12.2 Å². The standard InChI is InChI=1S/C12H11F2N3O2/c1-16-6-10(15)11(18)17(12(16)19)5-7-2-3-8(13)9(14)4-7/h2-4,6H,5,15H2,1H3. The molecule has 100 valence electrons. The molecular formula is C12H11F2N3O2. The summed E-state index contributed by atoms with van der Waals surface area (Å²) in [6.07, 6.45) is 1.21. The van der Waals surface area contributed by atoms with Gasteiger partial charge in [0.05, 0.1) is 6.54 Å². The number of nitrogens with zero attached hydrogens (tertiary/aromatic N) is 2. The highest BCUT2D eigenvalue weighted by molar-refractivity contribution is 5.31. The second-order valence-corrected chi connectivity index (χ2v) is 4.12. The average molecular weight is 267 g/mol. The minimum Gasteiger partial charge on any atom is -0.393 e. The van der Waals surface area contributed by atoms with Crippen molar-refractivity contribution in [2.45, 2.75) is 6.54 Å². The minimum absolute atomic E-state index is 0.0929. The monoisotopic (exact) mass is 267 g/mol. The van der Waals surface area contributed by atoms with Gasteiger partial charge in [0, 0.05) is 13.2 Å². The Hall–Kier alpha value is -2.44. The van der Waals surface area contributed by atoms with Crippen LogP contribution in [0, 0.1) is 11.6 Å². The zero-order valence-corrected chi connectivity index (χ0v) is 10.1. The van der Waals surface area contributed by atoms with Crippen LogP contribution in [0.1, 0.15) is 5.56 Å². The number of nitrogen functional groups attached to an aromatic ring is 1. The Kier molecular flexibility index (Phi) is 3.20. The smallest absolute Gasteiger partial charge is 0.331 e. The van der Waals surface area contributed by atoms with Crippen LogP contribution in [-0.2, 0) is 13.6 Å². The van der Waals surface area contributed by atoms with Crippen LogP contribution in [0.25, 0.3) is 0 Å². The van der Waals surface area contributed by atoms with Gasteiger partial charge in [-0.25, -0.2) is 13.6 Å². The lowest BCUT2D eigenvalue weighted by molar-refractivity contribution is 0.505. The summed E-state index contributed by atoms with van der Waals surface area (Å²) in [5.41, 5.74) is 4.43. The molecule has 0 radical (unpaired) electrons. The molecular weight excluding hydrogens is 256 g/mol. The zero-order chi connectivity index (χ0) is 14.2. The molecule has 1 aromatic carbocycles. The average Bonchev–Trinajstić information content (AvgIpc) is 2.36. The molecule has 1 heterocycles. The fourth-order valence-corrected chi connectivity index (χ4v) is 1.71. The van der Waals surface area contributed by atoms with Crippen molar-refractivity contribution in [3.05, 3.63) is 62.4 Å². The predicted molar refractivity (Wildman–Crippen MR) is 65.8 cm³/mol. The fourth-order valence-electron chi connectivity index (χ4n) is 1.71. The van der Waals surface area contributed by atoms with Crippen molar-refractivity contribution in [2.24, 2.45) is 7.05 Å². The molecule has 2 aromatic rings. The summed E-state index contributed by atoms with van der Waals surface area (Å²) in [5, 5.41) is 0. The minimum atomic E-state index is -1.04. The van der Waals surface area contributed by atoms with Gasteiger partial charge in [-0.1, -0.05) is 6.07 Å². The largest absolute Gasteiger partial charge is 0.393 e. The van der Waals surface area contributed by atoms with Crippen molar-refractivity contribution in [3.63, 3.8) is 0 Å². The molecule has 0 aliphatic heterocycles. The number of hydrogen-bond acceptors (Lipinski definition) is 3. The maximum Gasteiger partial charge on any atom is 0.331 e. The molecule has 0 aliphatic rings. The summed E-state index contributed by atoms with van der Waals surface area (Å²) in [4.78, 5) is 23.6. The molecule has 0 aliphatic carbocycles. The van der Waals surface area contributed by atoms with E-state index in [4.69, 9.17) is 5.73 Å². The van der Waals surface area contributed by atoms with E-state index in [1.807, 2.05) is 0 Å². The van der Waals surface area contributed by atoms with Gasteiger partial charge in [-0.05, 0) is 17.7 Å². The molecule has 2 N–H and O–H groups in total. The summed E-state index contributed by atoms with van der Waals surface area (Å²) in [6, 6.07) is 3.17. The topological polar surface area (TPSA) is 70.0 Å². The SMILES string of the molecule is Cn1cc(N)c(=O)n(Cc2ccc(F)c(F)c2)c1=O. The third-order valence-corrected chi connectivity index (χ3v) is 2.68. The van der Waals surface area contributed by atoms with Gasteiger partial charge >= 0.3 is 5.69 Å². The van der Waals surface area contributed by atoms with Gasteiger partial charge in [0.1, 0.15) is 5.69 Å². The number of aromatic nitrogens is 2. The van der Waals surface area contributed by atoms with E-state index in [1.165, 1.54) is 19.3 Å². The van der Waals surface area contributed by atoms with E-state index in [9.17, 15) is 18.4 Å². The molecule has 0 saturated carbocycles. The first-order chi connectivity index (χ1) is 8.90. The maximum atomic E-state index is 13.1. The number of benzene rings is 1. The van der Waals surface area contributed by atoms with E-state index in [2.05, 4.69) is 0 Å². The highest BCUT2D eigenvalue weighted by Gasteiger charge is 2.09. The van der Waals surface area contributed by atoms with Gasteiger partial charge in [0.25, 0.3) is 5.56 Å². The highest BCUT2D eigenvalue weighted by atomic mass is 19.2. The van der Waals surface area contributed by atoms with Gasteiger partial charge in [-0.15, -0.1) is 0 Å². The van der Waals surface area contributed by atoms with Gasteiger partial charge in [-0.2, -0.15) is 0 Å². The lowest BCUT2D eigenvalue weighted by Gasteiger charge is -2.08. The molecule has 0 atom stereocenters. The van der Waals surface area contributed by atoms with Crippen LogP contribution in [0.4, 0.5) is 14.5 Å². The number of rotatable bonds is 2. The van der Waals surface area contributed by atoms with Gasteiger partial charge < -0.3 is 10.3 Å². The molecule has 0 amide bonds. The normalized spacial score (nSPS) is 10.7. The van der Waals surface area contributed by atoms with E-state index < -0.39 is 22.9 Å². The first-order valence-electron chi connectivity index (χ1n) is 5.40. The fraction of sp³-hybridized carbons (Fsp3) is 0.167. The summed E-state index contributed by atoms with van der Waals surface area (Å²) >= 11 is 0. The first-order valence-corrected chi connectivity index (χ1v) is 5.40. The quantitative estimate of drug-likeness (QED) is 0.859. The van der Waals surface area contributed by atoms with Gasteiger partial charge in [-0.3, -0.25) is 9.36 Å². The number of hydrogen-bond donors (Lipinski definition) is 1. The van der Waals surface area contributed by atoms with Crippen molar-refractivity contribution in [1.82, 2.24) is 9.13 Å². The van der Waals surface area contributed by atoms with Crippen LogP contribution in [0.15, 0.2) is 34.0 Å². The van der Waals surface area contributed by atoms with Crippen molar-refractivity contribution in [1.29, 1.82) is 0 Å². The molecule has 0 saturated heterocycles. The van der Waals surface area contributed by atoms with Crippen LogP contribution in [-0.4, -0.2) is 9.13 Å². The summed E-state index contributed by atoms with van der Waals surface area (Å²) in [7, 11) is 1.44.